The normalized spacial score (nSPS) is 17.1. The molecule has 0 aliphatic carbocycles. The van der Waals surface area contributed by atoms with E-state index in [9.17, 15) is 13.2 Å². The highest BCUT2D eigenvalue weighted by molar-refractivity contribution is 7.91. The molecule has 144 valence electrons. The Labute approximate surface area is 167 Å². The average Bonchev–Trinajstić information content (AvgIpc) is 3.24. The summed E-state index contributed by atoms with van der Waals surface area (Å²) in [5.74, 6) is 0.0221. The third-order valence-corrected chi connectivity index (χ3v) is 7.96. The quantitative estimate of drug-likeness (QED) is 0.712. The van der Waals surface area contributed by atoms with Crippen molar-refractivity contribution in [3.63, 3.8) is 0 Å². The van der Waals surface area contributed by atoms with Gasteiger partial charge in [0.1, 0.15) is 16.1 Å². The SMILES string of the molecule is Cc1ccc(NC(=O)C2Cc3ccccc3CN2S(=O)(=O)c2cccs2)nc1. The second-order valence-electron chi connectivity index (χ2n) is 6.68. The van der Waals surface area contributed by atoms with Gasteiger partial charge in [-0.15, -0.1) is 11.3 Å². The molecule has 8 heteroatoms. The molecule has 1 aromatic carbocycles. The molecule has 3 heterocycles. The van der Waals surface area contributed by atoms with Gasteiger partial charge in [-0.05, 0) is 47.5 Å². The minimum Gasteiger partial charge on any atom is -0.309 e. The number of benzene rings is 1. The van der Waals surface area contributed by atoms with Gasteiger partial charge in [0.05, 0.1) is 0 Å². The number of hydrogen-bond donors (Lipinski definition) is 1. The summed E-state index contributed by atoms with van der Waals surface area (Å²) >= 11 is 1.15. The highest BCUT2D eigenvalue weighted by Gasteiger charge is 2.40. The van der Waals surface area contributed by atoms with Crippen LogP contribution in [0.2, 0.25) is 0 Å². The number of thiophene rings is 1. The standard InChI is InChI=1S/C20H19N3O3S2/c1-14-8-9-18(21-12-14)22-20(24)17-11-15-5-2-3-6-16(15)13-23(17)28(25,26)19-7-4-10-27-19/h2-10,12,17H,11,13H2,1H3,(H,21,22,24). The van der Waals surface area contributed by atoms with Crippen molar-refractivity contribution in [1.82, 2.24) is 9.29 Å². The van der Waals surface area contributed by atoms with Crippen LogP contribution in [0.3, 0.4) is 0 Å². The van der Waals surface area contributed by atoms with Crippen LogP contribution < -0.4 is 5.32 Å². The monoisotopic (exact) mass is 413 g/mol. The van der Waals surface area contributed by atoms with E-state index in [1.165, 1.54) is 4.31 Å². The predicted molar refractivity (Wildman–Crippen MR) is 109 cm³/mol. The zero-order chi connectivity index (χ0) is 19.7. The minimum absolute atomic E-state index is 0.163. The number of carbonyl (C=O) groups excluding carboxylic acids is 1. The van der Waals surface area contributed by atoms with E-state index in [1.807, 2.05) is 37.3 Å². The Morgan fingerprint density at radius 2 is 1.93 bits per heavy atom. The lowest BCUT2D eigenvalue weighted by Crippen LogP contribution is -2.50. The van der Waals surface area contributed by atoms with E-state index in [-0.39, 0.29) is 16.7 Å². The van der Waals surface area contributed by atoms with Crippen LogP contribution in [0.15, 0.2) is 64.3 Å². The molecule has 4 rings (SSSR count). The van der Waals surface area contributed by atoms with Crippen LogP contribution in [0.25, 0.3) is 0 Å². The van der Waals surface area contributed by atoms with Crippen LogP contribution in [0.4, 0.5) is 5.82 Å². The fourth-order valence-electron chi connectivity index (χ4n) is 3.25. The first-order chi connectivity index (χ1) is 13.4. The summed E-state index contributed by atoms with van der Waals surface area (Å²) in [5.41, 5.74) is 2.88. The first kappa shape index (κ1) is 18.8. The summed E-state index contributed by atoms with van der Waals surface area (Å²) in [5, 5.41) is 4.48. The van der Waals surface area contributed by atoms with Crippen LogP contribution in [-0.4, -0.2) is 29.7 Å². The number of nitrogens with one attached hydrogen (secondary N) is 1. The molecule has 6 nitrogen and oxygen atoms in total. The smallest absolute Gasteiger partial charge is 0.253 e. The van der Waals surface area contributed by atoms with Crippen LogP contribution in [-0.2, 0) is 27.8 Å². The van der Waals surface area contributed by atoms with Gasteiger partial charge < -0.3 is 5.32 Å². The molecule has 1 amide bonds. The highest BCUT2D eigenvalue weighted by atomic mass is 32.2. The number of amides is 1. The van der Waals surface area contributed by atoms with E-state index in [4.69, 9.17) is 0 Å². The van der Waals surface area contributed by atoms with Gasteiger partial charge in [-0.3, -0.25) is 4.79 Å². The number of carbonyl (C=O) groups is 1. The summed E-state index contributed by atoms with van der Waals surface area (Å²) < 4.78 is 28.0. The summed E-state index contributed by atoms with van der Waals surface area (Å²) in [4.78, 5) is 17.2. The molecule has 1 atom stereocenters. The Kier molecular flexibility index (Phi) is 5.01. The Morgan fingerprint density at radius 3 is 2.61 bits per heavy atom. The Morgan fingerprint density at radius 1 is 1.14 bits per heavy atom. The molecule has 0 radical (unpaired) electrons. The van der Waals surface area contributed by atoms with Crippen LogP contribution >= 0.6 is 11.3 Å². The lowest BCUT2D eigenvalue weighted by atomic mass is 9.95. The molecule has 28 heavy (non-hydrogen) atoms. The fourth-order valence-corrected chi connectivity index (χ4v) is 5.94. The molecule has 1 N–H and O–H groups in total. The Bertz CT molecular complexity index is 1090. The zero-order valence-corrected chi connectivity index (χ0v) is 16.8. The number of hydrogen-bond acceptors (Lipinski definition) is 5. The molecule has 1 aliphatic rings. The number of nitrogens with zero attached hydrogens (tertiary/aromatic N) is 2. The van der Waals surface area contributed by atoms with Crippen molar-refractivity contribution in [2.24, 2.45) is 0 Å². The molecule has 3 aromatic rings. The molecule has 0 saturated carbocycles. The maximum Gasteiger partial charge on any atom is 0.253 e. The number of fused-ring (bicyclic) bond motifs is 1. The second kappa shape index (κ2) is 7.46. The van der Waals surface area contributed by atoms with Gasteiger partial charge >= 0.3 is 0 Å². The number of rotatable bonds is 4. The van der Waals surface area contributed by atoms with E-state index in [0.717, 1.165) is 28.0 Å². The van der Waals surface area contributed by atoms with Crippen molar-refractivity contribution in [2.45, 2.75) is 30.1 Å². The zero-order valence-electron chi connectivity index (χ0n) is 15.2. The summed E-state index contributed by atoms with van der Waals surface area (Å²) in [6.07, 6.45) is 1.98. The van der Waals surface area contributed by atoms with Crippen molar-refractivity contribution in [3.05, 3.63) is 76.8 Å². The summed E-state index contributed by atoms with van der Waals surface area (Å²) in [6.45, 7) is 2.07. The molecular weight excluding hydrogens is 394 g/mol. The highest BCUT2D eigenvalue weighted by Crippen LogP contribution is 2.31. The molecule has 1 aliphatic heterocycles. The largest absolute Gasteiger partial charge is 0.309 e. The first-order valence-electron chi connectivity index (χ1n) is 8.81. The van der Waals surface area contributed by atoms with Crippen molar-refractivity contribution in [1.29, 1.82) is 0 Å². The minimum atomic E-state index is -3.78. The van der Waals surface area contributed by atoms with Gasteiger partial charge in [0.2, 0.25) is 5.91 Å². The molecule has 0 fully saturated rings. The maximum atomic E-state index is 13.2. The third-order valence-electron chi connectivity index (χ3n) is 4.73. The van der Waals surface area contributed by atoms with Crippen LogP contribution in [0.5, 0.6) is 0 Å². The third kappa shape index (κ3) is 3.58. The van der Waals surface area contributed by atoms with E-state index in [1.54, 1.807) is 29.8 Å². The molecule has 1 unspecified atom stereocenters. The van der Waals surface area contributed by atoms with Gasteiger partial charge in [-0.1, -0.05) is 36.4 Å². The van der Waals surface area contributed by atoms with E-state index < -0.39 is 16.1 Å². The maximum absolute atomic E-state index is 13.2. The molecule has 2 aromatic heterocycles. The molecular formula is C20H19N3O3S2. The van der Waals surface area contributed by atoms with Gasteiger partial charge in [0, 0.05) is 12.7 Å². The van der Waals surface area contributed by atoms with Crippen molar-refractivity contribution < 1.29 is 13.2 Å². The first-order valence-corrected chi connectivity index (χ1v) is 11.1. The van der Waals surface area contributed by atoms with Crippen molar-refractivity contribution in [2.75, 3.05) is 5.32 Å². The Hall–Kier alpha value is -2.55. The second-order valence-corrected chi connectivity index (χ2v) is 9.75. The Balaban J connectivity index is 1.69. The van der Waals surface area contributed by atoms with E-state index >= 15 is 0 Å². The topological polar surface area (TPSA) is 79.4 Å². The molecule has 0 saturated heterocycles. The number of sulfonamides is 1. The van der Waals surface area contributed by atoms with Gasteiger partial charge in [-0.25, -0.2) is 13.4 Å². The predicted octanol–water partition coefficient (Wildman–Crippen LogP) is 3.21. The van der Waals surface area contributed by atoms with Crippen LogP contribution in [0, 0.1) is 6.92 Å². The van der Waals surface area contributed by atoms with Gasteiger partial charge in [0.15, 0.2) is 0 Å². The van der Waals surface area contributed by atoms with Gasteiger partial charge in [0.25, 0.3) is 10.0 Å². The number of aromatic nitrogens is 1. The average molecular weight is 414 g/mol. The van der Waals surface area contributed by atoms with Crippen LogP contribution in [0.1, 0.15) is 16.7 Å². The lowest BCUT2D eigenvalue weighted by Gasteiger charge is -2.34. The summed E-state index contributed by atoms with van der Waals surface area (Å²) in [6, 6.07) is 13.6. The van der Waals surface area contributed by atoms with Crippen molar-refractivity contribution >= 4 is 33.1 Å². The van der Waals surface area contributed by atoms with Gasteiger partial charge in [-0.2, -0.15) is 4.31 Å². The summed E-state index contributed by atoms with van der Waals surface area (Å²) in [7, 11) is -3.78. The number of pyridine rings is 1. The number of anilines is 1. The number of aryl methyl sites for hydroxylation is 1. The molecule has 0 spiro atoms. The van der Waals surface area contributed by atoms with E-state index in [2.05, 4.69) is 10.3 Å². The fraction of sp³-hybridized carbons (Fsp3) is 0.200. The van der Waals surface area contributed by atoms with Crippen molar-refractivity contribution in [3.8, 4) is 0 Å². The lowest BCUT2D eigenvalue weighted by molar-refractivity contribution is -0.120. The van der Waals surface area contributed by atoms with E-state index in [0.29, 0.717) is 12.2 Å². The molecule has 0 bridgehead atoms.